The van der Waals surface area contributed by atoms with Gasteiger partial charge in [-0.25, -0.2) is 0 Å². The molecule has 0 saturated carbocycles. The van der Waals surface area contributed by atoms with Crippen LogP contribution < -0.4 is 10.6 Å². The molecule has 0 spiro atoms. The zero-order valence-electron chi connectivity index (χ0n) is 8.18. The summed E-state index contributed by atoms with van der Waals surface area (Å²) >= 11 is 0. The van der Waals surface area contributed by atoms with Crippen LogP contribution in [0.4, 0.5) is 5.82 Å². The van der Waals surface area contributed by atoms with Gasteiger partial charge in [0.1, 0.15) is 5.82 Å². The van der Waals surface area contributed by atoms with Gasteiger partial charge in [-0.3, -0.25) is 16.1 Å². The third-order valence-corrected chi connectivity index (χ3v) is 1.55. The second kappa shape index (κ2) is 4.31. The largest absolute Gasteiger partial charge is 0.349 e. The summed E-state index contributed by atoms with van der Waals surface area (Å²) in [7, 11) is 3.47. The quantitative estimate of drug-likeness (QED) is 0.332. The molecule has 0 amide bonds. The van der Waals surface area contributed by atoms with E-state index in [1.54, 1.807) is 31.3 Å². The second-order valence-corrected chi connectivity index (χ2v) is 2.95. The van der Waals surface area contributed by atoms with E-state index in [2.05, 4.69) is 15.6 Å². The molecule has 0 aliphatic heterocycles. The maximum Gasteiger partial charge on any atom is 0.200 e. The van der Waals surface area contributed by atoms with Crippen molar-refractivity contribution in [2.24, 2.45) is 0 Å². The molecule has 0 aliphatic rings. The number of H-pyrrole nitrogens is 1. The minimum Gasteiger partial charge on any atom is -0.349 e. The number of aromatic amines is 1. The van der Waals surface area contributed by atoms with E-state index in [0.717, 1.165) is 0 Å². The summed E-state index contributed by atoms with van der Waals surface area (Å²) in [5.74, 6) is 0.939. The van der Waals surface area contributed by atoms with Crippen LogP contribution in [0.15, 0.2) is 18.3 Å². The topological polar surface area (TPSA) is 90.8 Å². The van der Waals surface area contributed by atoms with Gasteiger partial charge < -0.3 is 15.2 Å². The van der Waals surface area contributed by atoms with Crippen molar-refractivity contribution in [3.05, 3.63) is 18.3 Å². The Kier molecular flexibility index (Phi) is 3.11. The van der Waals surface area contributed by atoms with Crippen LogP contribution in [0.5, 0.6) is 0 Å². The highest BCUT2D eigenvalue weighted by Crippen LogP contribution is 1.99. The molecule has 0 aliphatic carbocycles. The van der Waals surface area contributed by atoms with E-state index in [4.69, 9.17) is 10.8 Å². The number of hydrogen-bond donors (Lipinski definition) is 5. The third-order valence-electron chi connectivity index (χ3n) is 1.55. The van der Waals surface area contributed by atoms with Gasteiger partial charge in [0.15, 0.2) is 5.96 Å². The monoisotopic (exact) mass is 194 g/mol. The lowest BCUT2D eigenvalue weighted by atomic mass is 10.6. The molecule has 1 heterocycles. The fourth-order valence-electron chi connectivity index (χ4n) is 0.804. The number of guanidine groups is 2. The lowest BCUT2D eigenvalue weighted by molar-refractivity contribution is 0.599. The van der Waals surface area contributed by atoms with Crippen molar-refractivity contribution in [1.82, 2.24) is 15.2 Å². The summed E-state index contributed by atoms with van der Waals surface area (Å²) in [4.78, 5) is 4.47. The molecule has 0 bridgehead atoms. The Morgan fingerprint density at radius 1 is 1.43 bits per heavy atom. The van der Waals surface area contributed by atoms with Gasteiger partial charge in [0.2, 0.25) is 5.96 Å². The van der Waals surface area contributed by atoms with Crippen LogP contribution in [0, 0.1) is 10.8 Å². The van der Waals surface area contributed by atoms with Crippen molar-refractivity contribution in [3.63, 3.8) is 0 Å². The van der Waals surface area contributed by atoms with Gasteiger partial charge in [0.05, 0.1) is 0 Å². The number of nitrogens with one attached hydrogen (secondary N) is 5. The molecule has 1 aromatic rings. The normalized spacial score (nSPS) is 9.29. The average molecular weight is 194 g/mol. The first-order valence-electron chi connectivity index (χ1n) is 4.11. The van der Waals surface area contributed by atoms with Gasteiger partial charge in [0, 0.05) is 20.3 Å². The smallest absolute Gasteiger partial charge is 0.200 e. The zero-order valence-corrected chi connectivity index (χ0v) is 8.18. The Labute approximate surface area is 82.3 Å². The van der Waals surface area contributed by atoms with Crippen LogP contribution in [0.25, 0.3) is 0 Å². The van der Waals surface area contributed by atoms with Gasteiger partial charge >= 0.3 is 0 Å². The summed E-state index contributed by atoms with van der Waals surface area (Å²) in [5.41, 5.74) is 0. The molecule has 6 nitrogen and oxygen atoms in total. The Hall–Kier alpha value is -1.98. The van der Waals surface area contributed by atoms with Gasteiger partial charge in [-0.15, -0.1) is 0 Å². The summed E-state index contributed by atoms with van der Waals surface area (Å²) in [6, 6.07) is 3.63. The molecular weight excluding hydrogens is 180 g/mol. The molecule has 0 saturated heterocycles. The first-order chi connectivity index (χ1) is 6.59. The highest BCUT2D eigenvalue weighted by Gasteiger charge is 2.02. The highest BCUT2D eigenvalue weighted by molar-refractivity contribution is 6.02. The molecule has 76 valence electrons. The Morgan fingerprint density at radius 2 is 2.14 bits per heavy atom. The molecular formula is C8H14N6. The van der Waals surface area contributed by atoms with Gasteiger partial charge in [0.25, 0.3) is 0 Å². The number of nitrogens with zero attached hydrogens (tertiary/aromatic N) is 1. The minimum atomic E-state index is 0.0613. The number of anilines is 1. The molecule has 0 unspecified atom stereocenters. The number of rotatable bonds is 1. The molecule has 5 N–H and O–H groups in total. The molecule has 0 radical (unpaired) electrons. The first kappa shape index (κ1) is 10.1. The lowest BCUT2D eigenvalue weighted by Crippen LogP contribution is -2.42. The Bertz CT molecular complexity index is 313. The van der Waals surface area contributed by atoms with E-state index < -0.39 is 0 Å². The Morgan fingerprint density at radius 3 is 2.64 bits per heavy atom. The summed E-state index contributed by atoms with van der Waals surface area (Å²) in [5, 5.41) is 20.2. The van der Waals surface area contributed by atoms with E-state index in [-0.39, 0.29) is 11.9 Å². The molecule has 0 atom stereocenters. The van der Waals surface area contributed by atoms with Crippen molar-refractivity contribution in [2.45, 2.75) is 0 Å². The summed E-state index contributed by atoms with van der Waals surface area (Å²) in [6.45, 7) is 0. The van der Waals surface area contributed by atoms with Crippen molar-refractivity contribution in [3.8, 4) is 0 Å². The van der Waals surface area contributed by atoms with Crippen LogP contribution in [-0.2, 0) is 0 Å². The van der Waals surface area contributed by atoms with E-state index in [1.807, 2.05) is 6.07 Å². The van der Waals surface area contributed by atoms with Crippen molar-refractivity contribution in [1.29, 1.82) is 10.8 Å². The fraction of sp³-hybridized carbons (Fsp3) is 0.250. The standard InChI is InChI=1S/C8H14N6/c1-14(2)8(10)13-7(9)12-6-4-3-5-11-6/h3-5,11H,1-2H3,(H4,9,10,12,13). The van der Waals surface area contributed by atoms with Crippen LogP contribution in [0.1, 0.15) is 0 Å². The predicted octanol–water partition coefficient (Wildman–Crippen LogP) is 0.447. The maximum absolute atomic E-state index is 7.48. The molecule has 0 fully saturated rings. The van der Waals surface area contributed by atoms with Crippen LogP contribution in [0.3, 0.4) is 0 Å². The van der Waals surface area contributed by atoms with Crippen molar-refractivity contribution >= 4 is 17.7 Å². The lowest BCUT2D eigenvalue weighted by Gasteiger charge is -2.15. The molecule has 1 aromatic heterocycles. The molecule has 0 aromatic carbocycles. The fourth-order valence-corrected chi connectivity index (χ4v) is 0.804. The molecule has 14 heavy (non-hydrogen) atoms. The van der Waals surface area contributed by atoms with E-state index in [9.17, 15) is 0 Å². The Balaban J connectivity index is 2.41. The molecule has 6 heteroatoms. The zero-order chi connectivity index (χ0) is 10.6. The minimum absolute atomic E-state index is 0.0613. The van der Waals surface area contributed by atoms with Crippen LogP contribution in [-0.4, -0.2) is 35.9 Å². The van der Waals surface area contributed by atoms with Gasteiger partial charge in [-0.05, 0) is 12.1 Å². The van der Waals surface area contributed by atoms with Gasteiger partial charge in [-0.2, -0.15) is 0 Å². The number of aromatic nitrogens is 1. The van der Waals surface area contributed by atoms with E-state index in [0.29, 0.717) is 5.82 Å². The third kappa shape index (κ3) is 2.81. The summed E-state index contributed by atoms with van der Waals surface area (Å²) in [6.07, 6.45) is 1.76. The second-order valence-electron chi connectivity index (χ2n) is 2.95. The van der Waals surface area contributed by atoms with E-state index in [1.165, 1.54) is 0 Å². The van der Waals surface area contributed by atoms with E-state index >= 15 is 0 Å². The van der Waals surface area contributed by atoms with Crippen molar-refractivity contribution < 1.29 is 0 Å². The molecule has 1 rings (SSSR count). The van der Waals surface area contributed by atoms with Crippen LogP contribution >= 0.6 is 0 Å². The maximum atomic E-state index is 7.48. The average Bonchev–Trinajstić information content (AvgIpc) is 2.56. The first-order valence-corrected chi connectivity index (χ1v) is 4.11. The van der Waals surface area contributed by atoms with Crippen molar-refractivity contribution in [2.75, 3.05) is 19.4 Å². The SMILES string of the molecule is CN(C)C(=N)NC(=N)Nc1ccc[nH]1. The number of hydrogen-bond acceptors (Lipinski definition) is 2. The predicted molar refractivity (Wildman–Crippen MR) is 56.7 cm³/mol. The van der Waals surface area contributed by atoms with Crippen LogP contribution in [0.2, 0.25) is 0 Å². The summed E-state index contributed by atoms with van der Waals surface area (Å²) < 4.78 is 0. The van der Waals surface area contributed by atoms with Gasteiger partial charge in [-0.1, -0.05) is 0 Å². The highest BCUT2D eigenvalue weighted by atomic mass is 15.3.